The molecule has 150 valence electrons. The molecular formula is C23H17ClN2O4. The van der Waals surface area contributed by atoms with Gasteiger partial charge in [0.2, 0.25) is 0 Å². The smallest absolute Gasteiger partial charge is 0.301 e. The highest BCUT2D eigenvalue weighted by Crippen LogP contribution is 2.41. The molecule has 1 fully saturated rings. The Labute approximate surface area is 178 Å². The van der Waals surface area contributed by atoms with Gasteiger partial charge in [0, 0.05) is 16.8 Å². The highest BCUT2D eigenvalue weighted by Gasteiger charge is 2.47. The van der Waals surface area contributed by atoms with E-state index >= 15 is 0 Å². The van der Waals surface area contributed by atoms with Crippen LogP contribution in [-0.2, 0) is 9.59 Å². The van der Waals surface area contributed by atoms with Gasteiger partial charge < -0.3 is 9.84 Å². The van der Waals surface area contributed by atoms with Crippen molar-refractivity contribution in [1.29, 1.82) is 0 Å². The highest BCUT2D eigenvalue weighted by molar-refractivity contribution is 6.51. The average Bonchev–Trinajstić information content (AvgIpc) is 3.05. The van der Waals surface area contributed by atoms with Crippen LogP contribution in [0.1, 0.15) is 17.2 Å². The summed E-state index contributed by atoms with van der Waals surface area (Å²) >= 11 is 6.02. The zero-order valence-electron chi connectivity index (χ0n) is 15.9. The number of carbonyl (C=O) groups excluding carboxylic acids is 2. The Hall–Kier alpha value is -3.64. The van der Waals surface area contributed by atoms with E-state index in [0.29, 0.717) is 27.7 Å². The van der Waals surface area contributed by atoms with Crippen LogP contribution in [0.25, 0.3) is 5.76 Å². The number of hydrogen-bond acceptors (Lipinski definition) is 5. The number of halogens is 1. The lowest BCUT2D eigenvalue weighted by Gasteiger charge is -2.24. The van der Waals surface area contributed by atoms with Gasteiger partial charge in [-0.2, -0.15) is 0 Å². The third-order valence-corrected chi connectivity index (χ3v) is 5.14. The van der Waals surface area contributed by atoms with E-state index in [9.17, 15) is 14.7 Å². The number of carbonyl (C=O) groups is 2. The Morgan fingerprint density at radius 3 is 2.33 bits per heavy atom. The number of pyridine rings is 1. The number of nitrogens with zero attached hydrogens (tertiary/aromatic N) is 2. The third-order valence-electron chi connectivity index (χ3n) is 4.89. The van der Waals surface area contributed by atoms with Crippen molar-refractivity contribution < 1.29 is 19.4 Å². The number of aromatic nitrogens is 1. The van der Waals surface area contributed by atoms with E-state index in [0.717, 1.165) is 0 Å². The van der Waals surface area contributed by atoms with Crippen LogP contribution in [0.15, 0.2) is 78.5 Å². The largest absolute Gasteiger partial charge is 0.507 e. The molecule has 0 bridgehead atoms. The number of rotatable bonds is 4. The Kier molecular flexibility index (Phi) is 5.25. The summed E-state index contributed by atoms with van der Waals surface area (Å²) in [7, 11) is 1.54. The van der Waals surface area contributed by atoms with Gasteiger partial charge in [0.25, 0.3) is 5.78 Å². The summed E-state index contributed by atoms with van der Waals surface area (Å²) < 4.78 is 5.14. The number of Topliss-reactive ketones (excluding diaryl/α,β-unsaturated/α-hetero) is 1. The van der Waals surface area contributed by atoms with Gasteiger partial charge in [0.05, 0.1) is 18.7 Å². The minimum Gasteiger partial charge on any atom is -0.507 e. The molecule has 30 heavy (non-hydrogen) atoms. The van der Waals surface area contributed by atoms with Gasteiger partial charge in [-0.15, -0.1) is 0 Å². The molecule has 1 saturated heterocycles. The van der Waals surface area contributed by atoms with Crippen LogP contribution in [0.3, 0.4) is 0 Å². The summed E-state index contributed by atoms with van der Waals surface area (Å²) in [6.07, 6.45) is 1.54. The van der Waals surface area contributed by atoms with Gasteiger partial charge in [-0.3, -0.25) is 14.5 Å². The molecule has 0 saturated carbocycles. The van der Waals surface area contributed by atoms with Crippen molar-refractivity contribution in [1.82, 2.24) is 4.98 Å². The first-order valence-electron chi connectivity index (χ1n) is 9.13. The van der Waals surface area contributed by atoms with Crippen LogP contribution in [0.2, 0.25) is 5.02 Å². The molecular weight excluding hydrogens is 404 g/mol. The van der Waals surface area contributed by atoms with Crippen molar-refractivity contribution >= 4 is 34.9 Å². The molecule has 6 nitrogen and oxygen atoms in total. The van der Waals surface area contributed by atoms with Gasteiger partial charge in [-0.25, -0.2) is 4.98 Å². The number of aliphatic hydroxyl groups excluding tert-OH is 1. The monoisotopic (exact) mass is 420 g/mol. The van der Waals surface area contributed by atoms with Crippen LogP contribution in [0.5, 0.6) is 5.75 Å². The third kappa shape index (κ3) is 3.42. The van der Waals surface area contributed by atoms with Crippen molar-refractivity contribution in [2.45, 2.75) is 6.04 Å². The molecule has 1 atom stereocenters. The Morgan fingerprint density at radius 1 is 1.03 bits per heavy atom. The molecule has 1 amide bonds. The van der Waals surface area contributed by atoms with Gasteiger partial charge >= 0.3 is 5.91 Å². The molecule has 1 unspecified atom stereocenters. The summed E-state index contributed by atoms with van der Waals surface area (Å²) in [5.41, 5.74) is 1.01. The second-order valence-corrected chi connectivity index (χ2v) is 7.07. The number of ketones is 1. The van der Waals surface area contributed by atoms with Gasteiger partial charge in [-0.05, 0) is 54.1 Å². The molecule has 3 aromatic rings. The van der Waals surface area contributed by atoms with Crippen LogP contribution in [0.4, 0.5) is 5.82 Å². The van der Waals surface area contributed by atoms with Crippen LogP contribution in [-0.4, -0.2) is 28.9 Å². The van der Waals surface area contributed by atoms with Crippen LogP contribution in [0, 0.1) is 0 Å². The zero-order valence-corrected chi connectivity index (χ0v) is 16.7. The molecule has 4 rings (SSSR count). The second kappa shape index (κ2) is 8.00. The predicted octanol–water partition coefficient (Wildman–Crippen LogP) is 4.37. The highest BCUT2D eigenvalue weighted by atomic mass is 35.5. The predicted molar refractivity (Wildman–Crippen MR) is 113 cm³/mol. The fourth-order valence-corrected chi connectivity index (χ4v) is 3.56. The molecule has 1 N–H and O–H groups in total. The lowest BCUT2D eigenvalue weighted by atomic mass is 9.95. The normalized spacial score (nSPS) is 17.9. The maximum Gasteiger partial charge on any atom is 0.301 e. The molecule has 2 aromatic carbocycles. The minimum absolute atomic E-state index is 0.0156. The number of hydrogen-bond donors (Lipinski definition) is 1. The van der Waals surface area contributed by atoms with Crippen LogP contribution >= 0.6 is 11.6 Å². The van der Waals surface area contributed by atoms with Crippen molar-refractivity contribution in [2.75, 3.05) is 12.0 Å². The van der Waals surface area contributed by atoms with Gasteiger partial charge in [-0.1, -0.05) is 29.8 Å². The lowest BCUT2D eigenvalue weighted by Crippen LogP contribution is -2.30. The molecule has 1 aromatic heterocycles. The van der Waals surface area contributed by atoms with Gasteiger partial charge in [0.15, 0.2) is 0 Å². The standard InChI is InChI=1S/C23H17ClN2O4/c1-30-17-11-7-15(8-12-17)21(27)19-20(14-5-9-16(24)10-6-14)26(23(29)22(19)28)18-4-2-3-13-25-18/h2-13,20,27H,1H3/b21-19-. The van der Waals surface area contributed by atoms with Gasteiger partial charge in [0.1, 0.15) is 17.3 Å². The Balaban J connectivity index is 1.91. The zero-order chi connectivity index (χ0) is 21.3. The summed E-state index contributed by atoms with van der Waals surface area (Å²) in [6.45, 7) is 0. The Bertz CT molecular complexity index is 1130. The maximum atomic E-state index is 13.0. The second-order valence-electron chi connectivity index (χ2n) is 6.64. The number of methoxy groups -OCH3 is 1. The molecule has 0 radical (unpaired) electrons. The number of benzene rings is 2. The molecule has 2 heterocycles. The first kappa shape index (κ1) is 19.7. The number of ether oxygens (including phenoxy) is 1. The fraction of sp³-hybridized carbons (Fsp3) is 0.0870. The maximum absolute atomic E-state index is 13.0. The summed E-state index contributed by atoms with van der Waals surface area (Å²) in [6, 6.07) is 17.6. The van der Waals surface area contributed by atoms with E-state index in [1.807, 2.05) is 0 Å². The van der Waals surface area contributed by atoms with E-state index in [1.165, 1.54) is 18.2 Å². The molecule has 0 spiro atoms. The van der Waals surface area contributed by atoms with Crippen molar-refractivity contribution in [2.24, 2.45) is 0 Å². The number of aliphatic hydroxyl groups is 1. The first-order valence-corrected chi connectivity index (χ1v) is 9.51. The SMILES string of the molecule is COc1ccc(/C(O)=C2/C(=O)C(=O)N(c3ccccn3)C2c2ccc(Cl)cc2)cc1. The van der Waals surface area contributed by atoms with E-state index in [2.05, 4.69) is 4.98 Å². The first-order chi connectivity index (χ1) is 14.5. The summed E-state index contributed by atoms with van der Waals surface area (Å²) in [4.78, 5) is 31.5. The molecule has 0 aliphatic carbocycles. The molecule has 7 heteroatoms. The van der Waals surface area contributed by atoms with Crippen molar-refractivity contribution in [3.63, 3.8) is 0 Å². The lowest BCUT2D eigenvalue weighted by molar-refractivity contribution is -0.132. The van der Waals surface area contributed by atoms with Crippen LogP contribution < -0.4 is 9.64 Å². The quantitative estimate of drug-likeness (QED) is 0.385. The van der Waals surface area contributed by atoms with E-state index in [1.54, 1.807) is 66.7 Å². The van der Waals surface area contributed by atoms with E-state index in [-0.39, 0.29) is 11.3 Å². The summed E-state index contributed by atoms with van der Waals surface area (Å²) in [5.74, 6) is -0.893. The van der Waals surface area contributed by atoms with Crippen molar-refractivity contribution in [3.8, 4) is 5.75 Å². The molecule has 1 aliphatic rings. The number of anilines is 1. The minimum atomic E-state index is -0.848. The summed E-state index contributed by atoms with van der Waals surface area (Å²) in [5, 5.41) is 11.5. The van der Waals surface area contributed by atoms with Crippen molar-refractivity contribution in [3.05, 3.63) is 94.6 Å². The Morgan fingerprint density at radius 2 is 1.73 bits per heavy atom. The topological polar surface area (TPSA) is 79.7 Å². The molecule has 1 aliphatic heterocycles. The van der Waals surface area contributed by atoms with E-state index in [4.69, 9.17) is 16.3 Å². The average molecular weight is 421 g/mol. The van der Waals surface area contributed by atoms with E-state index < -0.39 is 17.7 Å². The number of amides is 1. The fourth-order valence-electron chi connectivity index (χ4n) is 3.43.